The van der Waals surface area contributed by atoms with E-state index in [1.165, 1.54) is 0 Å². The predicted octanol–water partition coefficient (Wildman–Crippen LogP) is 1.88. The molecule has 0 saturated carbocycles. The van der Waals surface area contributed by atoms with E-state index < -0.39 is 88.7 Å². The fourth-order valence-corrected chi connectivity index (χ4v) is 8.26. The Kier molecular flexibility index (Phi) is 14.6. The van der Waals surface area contributed by atoms with E-state index in [2.05, 4.69) is 4.31 Å². The Bertz CT molecular complexity index is 2090. The van der Waals surface area contributed by atoms with Gasteiger partial charge in [0, 0.05) is 12.3 Å². The number of hydrogen-bond acceptors (Lipinski definition) is 15. The molecule has 0 radical (unpaired) electrons. The van der Waals surface area contributed by atoms with Crippen molar-refractivity contribution >= 4 is 15.6 Å². The zero-order chi connectivity index (χ0) is 40.6. The number of phosphoric acid groups is 2. The summed E-state index contributed by atoms with van der Waals surface area (Å²) in [7, 11) is -11.2. The summed E-state index contributed by atoms with van der Waals surface area (Å²) in [6.07, 6.45) is -13.0. The number of rotatable bonds is 18. The molecule has 0 bridgehead atoms. The highest BCUT2D eigenvalue weighted by Gasteiger charge is 2.51. The fraction of sp³-hybridized carbons (Fsp3) is 0.389. The summed E-state index contributed by atoms with van der Waals surface area (Å²) in [5.74, 6) is 0. The van der Waals surface area contributed by atoms with Gasteiger partial charge in [-0.15, -0.1) is 0 Å². The number of nitrogens with zero attached hydrogens (tertiary/aromatic N) is 1. The van der Waals surface area contributed by atoms with Gasteiger partial charge in [-0.1, -0.05) is 91.0 Å². The van der Waals surface area contributed by atoms with E-state index in [9.17, 15) is 43.8 Å². The zero-order valence-corrected chi connectivity index (χ0v) is 31.8. The van der Waals surface area contributed by atoms with Gasteiger partial charge < -0.3 is 48.8 Å². The first kappa shape index (κ1) is 42.9. The van der Waals surface area contributed by atoms with E-state index in [4.69, 9.17) is 32.7 Å². The van der Waals surface area contributed by atoms with Crippen LogP contribution in [0.5, 0.6) is 0 Å². The van der Waals surface area contributed by atoms with Gasteiger partial charge in [0.05, 0.1) is 33.0 Å². The van der Waals surface area contributed by atoms with E-state index in [0.29, 0.717) is 0 Å². The van der Waals surface area contributed by atoms with Crippen LogP contribution in [0.4, 0.5) is 0 Å². The van der Waals surface area contributed by atoms with Crippen molar-refractivity contribution in [3.05, 3.63) is 141 Å². The Hall–Kier alpha value is -3.72. The van der Waals surface area contributed by atoms with E-state index in [0.717, 1.165) is 33.5 Å². The molecule has 308 valence electrons. The molecule has 3 unspecified atom stereocenters. The van der Waals surface area contributed by atoms with Crippen LogP contribution in [0.1, 0.15) is 22.9 Å². The monoisotopic (exact) mass is 836 g/mol. The maximum atomic E-state index is 13.3. The van der Waals surface area contributed by atoms with Crippen LogP contribution in [-0.4, -0.2) is 96.9 Å². The second-order valence-electron chi connectivity index (χ2n) is 13.0. The van der Waals surface area contributed by atoms with Crippen LogP contribution in [0, 0.1) is 0 Å². The van der Waals surface area contributed by atoms with Crippen molar-refractivity contribution in [3.8, 4) is 0 Å². The number of aliphatic hydroxyl groups excluding tert-OH is 3. The van der Waals surface area contributed by atoms with Crippen molar-refractivity contribution in [2.75, 3.05) is 13.2 Å². The van der Waals surface area contributed by atoms with Crippen molar-refractivity contribution in [1.29, 1.82) is 0 Å². The van der Waals surface area contributed by atoms with Crippen molar-refractivity contribution < 1.29 is 71.3 Å². The molecular formula is C36H42N2O17P2. The van der Waals surface area contributed by atoms with Crippen molar-refractivity contribution in [2.24, 2.45) is 0 Å². The number of phosphoric ester groups is 2. The van der Waals surface area contributed by atoms with Crippen LogP contribution >= 0.6 is 15.6 Å². The van der Waals surface area contributed by atoms with Crippen molar-refractivity contribution in [1.82, 2.24) is 9.55 Å². The molecule has 19 nitrogen and oxygen atoms in total. The highest BCUT2D eigenvalue weighted by atomic mass is 31.3. The van der Waals surface area contributed by atoms with Gasteiger partial charge in [0.15, 0.2) is 12.5 Å². The van der Waals surface area contributed by atoms with E-state index in [1.54, 1.807) is 24.3 Å². The van der Waals surface area contributed by atoms with Crippen LogP contribution < -0.4 is 11.2 Å². The summed E-state index contributed by atoms with van der Waals surface area (Å²) < 4.78 is 71.1. The molecule has 2 aliphatic heterocycles. The second-order valence-corrected chi connectivity index (χ2v) is 16.0. The summed E-state index contributed by atoms with van der Waals surface area (Å²) in [6.45, 7) is -1.03. The summed E-state index contributed by atoms with van der Waals surface area (Å²) in [4.78, 5) is 46.7. The minimum absolute atomic E-state index is 0.0352. The topological polar surface area (TPSA) is 264 Å². The number of hydrogen-bond donors (Lipinski definition) is 6. The smallest absolute Gasteiger partial charge is 0.387 e. The van der Waals surface area contributed by atoms with Crippen LogP contribution in [0.25, 0.3) is 0 Å². The van der Waals surface area contributed by atoms with Crippen LogP contribution in [0.15, 0.2) is 113 Å². The van der Waals surface area contributed by atoms with Gasteiger partial charge in [-0.2, -0.15) is 4.31 Å². The molecule has 0 spiro atoms. The molecular weight excluding hydrogens is 794 g/mol. The lowest BCUT2D eigenvalue weighted by atomic mass is 9.98. The number of H-pyrrole nitrogens is 1. The van der Waals surface area contributed by atoms with Crippen molar-refractivity contribution in [2.45, 2.75) is 75.1 Å². The molecule has 4 aromatic rings. The Morgan fingerprint density at radius 1 is 0.649 bits per heavy atom. The number of nitrogens with one attached hydrogen (secondary N) is 1. The predicted molar refractivity (Wildman–Crippen MR) is 196 cm³/mol. The van der Waals surface area contributed by atoms with Gasteiger partial charge >= 0.3 is 21.3 Å². The minimum atomic E-state index is -5.66. The number of aromatic amines is 1. The Balaban J connectivity index is 1.16. The number of benzene rings is 3. The average molecular weight is 837 g/mol. The molecule has 1 aromatic heterocycles. The van der Waals surface area contributed by atoms with Crippen LogP contribution in [-0.2, 0) is 66.0 Å². The molecule has 3 heterocycles. The van der Waals surface area contributed by atoms with Crippen molar-refractivity contribution in [3.63, 3.8) is 0 Å². The second kappa shape index (κ2) is 19.4. The SMILES string of the molecule is O=c1ccn([C@@H]2O[C@H](COP(=O)(O)OP(=O)(O)OC3O[C@H](COCc4ccccc4)[C@H](OCc4ccccc4)[C@H](OCc4ccccc4)[C@H]3O)[C@@H](O)[C@H]2O)c(=O)[nH]1. The van der Waals surface area contributed by atoms with Crippen LogP contribution in [0.2, 0.25) is 0 Å². The largest absolute Gasteiger partial charge is 0.483 e. The standard InChI is InChI=1S/C36H42N2O17P2/c39-28-16-17-38(36(43)37-28)34-30(41)29(40)26(52-34)22-51-56(44,45)55-57(46,47)54-35-31(42)33(50-20-25-14-8-3-9-15-25)32(49-19-24-12-6-2-7-13-24)27(53-35)21-48-18-23-10-4-1-5-11-23/h1-17,26-27,29-35,40-42H,18-22H2,(H,44,45)(H,46,47)(H,37,39,43)/t26-,27-,29-,30-,31-,32+,33-,34-,35?/m1/s1. The van der Waals surface area contributed by atoms with Gasteiger partial charge in [-0.3, -0.25) is 23.4 Å². The fourth-order valence-electron chi connectivity index (χ4n) is 6.10. The normalized spacial score (nSPS) is 28.4. The molecule has 21 heteroatoms. The lowest BCUT2D eigenvalue weighted by molar-refractivity contribution is -0.302. The average Bonchev–Trinajstić information content (AvgIpc) is 3.46. The molecule has 6 N–H and O–H groups in total. The molecule has 3 aromatic carbocycles. The molecule has 57 heavy (non-hydrogen) atoms. The maximum Gasteiger partial charge on any atom is 0.483 e. The molecule has 2 saturated heterocycles. The van der Waals surface area contributed by atoms with E-state index in [-0.39, 0.29) is 26.4 Å². The highest BCUT2D eigenvalue weighted by Crippen LogP contribution is 2.61. The highest BCUT2D eigenvalue weighted by molar-refractivity contribution is 7.61. The summed E-state index contributed by atoms with van der Waals surface area (Å²) >= 11 is 0. The van der Waals surface area contributed by atoms with Gasteiger partial charge in [-0.05, 0) is 16.7 Å². The number of aromatic nitrogens is 2. The Morgan fingerprint density at radius 3 is 1.79 bits per heavy atom. The molecule has 2 fully saturated rings. The number of ether oxygens (including phenoxy) is 5. The first-order valence-corrected chi connectivity index (χ1v) is 20.6. The third-order valence-electron chi connectivity index (χ3n) is 8.89. The van der Waals surface area contributed by atoms with Gasteiger partial charge in [0.25, 0.3) is 5.56 Å². The summed E-state index contributed by atoms with van der Waals surface area (Å²) in [6, 6.07) is 28.2. The first-order valence-electron chi connectivity index (χ1n) is 17.6. The lowest BCUT2D eigenvalue weighted by Crippen LogP contribution is -2.60. The lowest BCUT2D eigenvalue weighted by Gasteiger charge is -2.44. The van der Waals surface area contributed by atoms with Gasteiger partial charge in [0.2, 0.25) is 0 Å². The maximum absolute atomic E-state index is 13.3. The quantitative estimate of drug-likeness (QED) is 0.0782. The Labute approximate surface area is 325 Å². The summed E-state index contributed by atoms with van der Waals surface area (Å²) in [5.41, 5.74) is 0.630. The van der Waals surface area contributed by atoms with Gasteiger partial charge in [-0.25, -0.2) is 13.9 Å². The minimum Gasteiger partial charge on any atom is -0.387 e. The number of aliphatic hydroxyl groups is 3. The molecule has 2 aliphatic rings. The first-order chi connectivity index (χ1) is 27.3. The van der Waals surface area contributed by atoms with E-state index in [1.807, 2.05) is 71.7 Å². The summed E-state index contributed by atoms with van der Waals surface area (Å²) in [5, 5.41) is 32.5. The third-order valence-corrected chi connectivity index (χ3v) is 11.5. The van der Waals surface area contributed by atoms with Gasteiger partial charge in [0.1, 0.15) is 42.7 Å². The Morgan fingerprint density at radius 2 is 1.21 bits per heavy atom. The molecule has 0 amide bonds. The van der Waals surface area contributed by atoms with Crippen LogP contribution in [0.3, 0.4) is 0 Å². The van der Waals surface area contributed by atoms with E-state index >= 15 is 0 Å². The third kappa shape index (κ3) is 11.7. The molecule has 11 atom stereocenters. The zero-order valence-electron chi connectivity index (χ0n) is 30.0. The molecule has 0 aliphatic carbocycles. The molecule has 6 rings (SSSR count).